The van der Waals surface area contributed by atoms with Crippen LogP contribution in [0.25, 0.3) is 5.70 Å². The fraction of sp³-hybridized carbons (Fsp3) is 0.516. The summed E-state index contributed by atoms with van der Waals surface area (Å²) in [4.78, 5) is 17.3. The van der Waals surface area contributed by atoms with Gasteiger partial charge in [-0.3, -0.25) is 4.79 Å². The van der Waals surface area contributed by atoms with Crippen LogP contribution in [0.5, 0.6) is 17.2 Å². The van der Waals surface area contributed by atoms with Gasteiger partial charge in [-0.05, 0) is 61.9 Å². The second-order valence-corrected chi connectivity index (χ2v) is 11.1. The van der Waals surface area contributed by atoms with Gasteiger partial charge in [0, 0.05) is 31.3 Å². The zero-order chi connectivity index (χ0) is 27.8. The monoisotopic (exact) mass is 553 g/mol. The van der Waals surface area contributed by atoms with Crippen LogP contribution in [-0.4, -0.2) is 67.2 Å². The minimum atomic E-state index is -0.395. The number of methoxy groups -OCH3 is 1. The van der Waals surface area contributed by atoms with E-state index in [0.29, 0.717) is 29.4 Å². The van der Waals surface area contributed by atoms with Gasteiger partial charge in [-0.2, -0.15) is 0 Å². The number of likely N-dealkylation sites (N-methyl/N-ethyl adjacent to an activating group) is 1. The molecular weight excluding hydrogens is 510 g/mol. The Hall–Kier alpha value is -2.84. The number of thioether (sulfide) groups is 1. The van der Waals surface area contributed by atoms with Crippen LogP contribution < -0.4 is 19.5 Å². The highest BCUT2D eigenvalue weighted by atomic mass is 32.2. The van der Waals surface area contributed by atoms with Crippen LogP contribution in [0.4, 0.5) is 0 Å². The zero-order valence-electron chi connectivity index (χ0n) is 23.9. The van der Waals surface area contributed by atoms with Gasteiger partial charge in [-0.1, -0.05) is 50.6 Å². The fourth-order valence-corrected chi connectivity index (χ4v) is 6.09. The maximum absolute atomic E-state index is 13.0. The number of amides is 1. The van der Waals surface area contributed by atoms with E-state index in [4.69, 9.17) is 14.2 Å². The Morgan fingerprint density at radius 1 is 1.10 bits per heavy atom. The molecule has 212 valence electrons. The first-order chi connectivity index (χ1) is 19.0. The quantitative estimate of drug-likeness (QED) is 0.457. The normalized spacial score (nSPS) is 21.4. The number of carbonyl (C=O) groups is 1. The first-order valence-electron chi connectivity index (χ1n) is 14.2. The molecule has 2 aromatic carbocycles. The Morgan fingerprint density at radius 2 is 1.82 bits per heavy atom. The van der Waals surface area contributed by atoms with E-state index in [-0.39, 0.29) is 11.3 Å². The van der Waals surface area contributed by atoms with Gasteiger partial charge in [0.25, 0.3) is 5.91 Å². The number of benzene rings is 2. The molecule has 1 saturated heterocycles. The third-order valence-electron chi connectivity index (χ3n) is 7.33. The molecular formula is C31H43N3O4S. The number of rotatable bonds is 6. The van der Waals surface area contributed by atoms with Gasteiger partial charge in [-0.25, -0.2) is 0 Å². The van der Waals surface area contributed by atoms with Crippen LogP contribution >= 0.6 is 11.8 Å². The molecule has 0 aromatic heterocycles. The van der Waals surface area contributed by atoms with Crippen molar-refractivity contribution in [2.45, 2.75) is 70.6 Å². The second kappa shape index (κ2) is 14.0. The van der Waals surface area contributed by atoms with E-state index in [0.717, 1.165) is 17.3 Å². The summed E-state index contributed by atoms with van der Waals surface area (Å²) < 4.78 is 16.6. The van der Waals surface area contributed by atoms with E-state index in [1.54, 1.807) is 49.9 Å². The number of fused-ring (bicyclic) bond motifs is 1. The van der Waals surface area contributed by atoms with Crippen LogP contribution in [-0.2, 0) is 0 Å². The molecule has 7 nitrogen and oxygen atoms in total. The molecule has 3 aliphatic heterocycles. The van der Waals surface area contributed by atoms with Crippen molar-refractivity contribution >= 4 is 23.4 Å². The minimum absolute atomic E-state index is 0.0973. The Bertz CT molecular complexity index is 1120. The molecule has 1 saturated carbocycles. The van der Waals surface area contributed by atoms with Crippen LogP contribution in [0.3, 0.4) is 0 Å². The average Bonchev–Trinajstić information content (AvgIpc) is 3.70. The third kappa shape index (κ3) is 7.22. The van der Waals surface area contributed by atoms with Crippen LogP contribution in [0, 0.1) is 0 Å². The molecule has 0 radical (unpaired) electrons. The Kier molecular flexibility index (Phi) is 10.5. The Balaban J connectivity index is 0.000000267. The molecule has 0 spiro atoms. The third-order valence-corrected chi connectivity index (χ3v) is 8.30. The van der Waals surface area contributed by atoms with E-state index < -0.39 is 6.29 Å². The van der Waals surface area contributed by atoms with Crippen molar-refractivity contribution in [3.05, 3.63) is 59.0 Å². The van der Waals surface area contributed by atoms with Crippen LogP contribution in [0.2, 0.25) is 0 Å². The minimum Gasteiger partial charge on any atom is -0.493 e. The van der Waals surface area contributed by atoms with Crippen molar-refractivity contribution < 1.29 is 19.0 Å². The van der Waals surface area contributed by atoms with Crippen molar-refractivity contribution in [2.75, 3.05) is 33.8 Å². The van der Waals surface area contributed by atoms with E-state index in [9.17, 15) is 4.79 Å². The summed E-state index contributed by atoms with van der Waals surface area (Å²) in [7, 11) is 3.35. The summed E-state index contributed by atoms with van der Waals surface area (Å²) in [5.41, 5.74) is 2.73. The summed E-state index contributed by atoms with van der Waals surface area (Å²) in [6.07, 6.45) is 6.97. The van der Waals surface area contributed by atoms with Crippen LogP contribution in [0.15, 0.2) is 47.9 Å². The topological polar surface area (TPSA) is 63.3 Å². The molecule has 1 amide bonds. The first-order valence-corrected chi connectivity index (χ1v) is 15.2. The Labute approximate surface area is 237 Å². The van der Waals surface area contributed by atoms with E-state index >= 15 is 0 Å². The lowest BCUT2D eigenvalue weighted by atomic mass is 9.92. The predicted molar refractivity (Wildman–Crippen MR) is 159 cm³/mol. The number of hydrogen-bond acceptors (Lipinski definition) is 7. The summed E-state index contributed by atoms with van der Waals surface area (Å²) in [6, 6.07) is 14.6. The lowest BCUT2D eigenvalue weighted by molar-refractivity contribution is 0.0662. The van der Waals surface area contributed by atoms with E-state index in [1.165, 1.54) is 45.2 Å². The van der Waals surface area contributed by atoms with E-state index in [2.05, 4.69) is 27.8 Å². The highest BCUT2D eigenvalue weighted by Gasteiger charge is 2.29. The molecule has 2 unspecified atom stereocenters. The van der Waals surface area contributed by atoms with Gasteiger partial charge in [0.1, 0.15) is 0 Å². The predicted octanol–water partition coefficient (Wildman–Crippen LogP) is 6.21. The van der Waals surface area contributed by atoms with Gasteiger partial charge in [0.15, 0.2) is 11.5 Å². The number of nitrogens with one attached hydrogen (secondary N) is 1. The lowest BCUT2D eigenvalue weighted by Crippen LogP contribution is -2.37. The summed E-state index contributed by atoms with van der Waals surface area (Å²) >= 11 is 1.68. The van der Waals surface area contributed by atoms with Gasteiger partial charge >= 0.3 is 0 Å². The zero-order valence-corrected chi connectivity index (χ0v) is 24.8. The summed E-state index contributed by atoms with van der Waals surface area (Å²) in [5, 5.41) is 5.67. The fourth-order valence-electron chi connectivity index (χ4n) is 5.08. The average molecular weight is 554 g/mol. The Morgan fingerprint density at radius 3 is 2.46 bits per heavy atom. The van der Waals surface area contributed by atoms with Gasteiger partial charge in [-0.15, -0.1) is 11.8 Å². The molecule has 2 atom stereocenters. The number of nitrogens with zero attached hydrogens (tertiary/aromatic N) is 2. The van der Waals surface area contributed by atoms with Crippen LogP contribution in [0.1, 0.15) is 68.8 Å². The van der Waals surface area contributed by atoms with Crippen molar-refractivity contribution in [1.29, 1.82) is 0 Å². The highest BCUT2D eigenvalue weighted by Crippen LogP contribution is 2.44. The van der Waals surface area contributed by atoms with Gasteiger partial charge in [0.2, 0.25) is 12.0 Å². The highest BCUT2D eigenvalue weighted by molar-refractivity contribution is 8.03. The van der Waals surface area contributed by atoms with Crippen molar-refractivity contribution in [2.24, 2.45) is 0 Å². The molecule has 0 bridgehead atoms. The standard InChI is InChI=1S/C21H22N2O4S.C8H15N.C2H6/c1-13-26-18-10-15(9-17(25-3)20(18)27-13)21(24)23(2)11-19-22-16(12-28-19)14-7-5-4-6-8-14;1-2-7-9(6-1)8-4-3-5-8;1-2/h4-10,12-13,19,22H,11H2,1-3H3;8H,1-7H2;1-2H3. The number of likely N-dealkylation sites (tertiary alicyclic amines) is 1. The SMILES string of the molecule is C1CC(N2CCCC2)C1.CC.COc1cc(C(=O)N(C)CC2NC(c3ccccc3)=CS2)cc2c1OC(C)O2. The summed E-state index contributed by atoms with van der Waals surface area (Å²) in [6.45, 7) is 9.15. The molecule has 6 rings (SSSR count). The molecule has 1 aliphatic carbocycles. The molecule has 2 fully saturated rings. The van der Waals surface area contributed by atoms with E-state index in [1.807, 2.05) is 32.0 Å². The largest absolute Gasteiger partial charge is 0.493 e. The molecule has 39 heavy (non-hydrogen) atoms. The molecule has 4 aliphatic rings. The van der Waals surface area contributed by atoms with Crippen molar-refractivity contribution in [3.8, 4) is 17.2 Å². The molecule has 1 N–H and O–H groups in total. The number of hydrogen-bond donors (Lipinski definition) is 1. The lowest BCUT2D eigenvalue weighted by Gasteiger charge is -2.34. The second-order valence-electron chi connectivity index (χ2n) is 9.99. The molecule has 8 heteroatoms. The van der Waals surface area contributed by atoms with Gasteiger partial charge < -0.3 is 29.3 Å². The van der Waals surface area contributed by atoms with Crippen molar-refractivity contribution in [1.82, 2.24) is 15.1 Å². The maximum atomic E-state index is 13.0. The number of carbonyl (C=O) groups excluding carboxylic acids is 1. The maximum Gasteiger partial charge on any atom is 0.253 e. The number of ether oxygens (including phenoxy) is 3. The first kappa shape index (κ1) is 29.2. The smallest absolute Gasteiger partial charge is 0.253 e. The molecule has 3 heterocycles. The van der Waals surface area contributed by atoms with Crippen molar-refractivity contribution in [3.63, 3.8) is 0 Å². The van der Waals surface area contributed by atoms with Gasteiger partial charge in [0.05, 0.1) is 19.0 Å². The molecule has 2 aromatic rings. The summed E-state index contributed by atoms with van der Waals surface area (Å²) in [5.74, 6) is 1.48.